The zero-order valence-corrected chi connectivity index (χ0v) is 10.8. The van der Waals surface area contributed by atoms with Crippen LogP contribution in [0, 0.1) is 0 Å². The van der Waals surface area contributed by atoms with Gasteiger partial charge < -0.3 is 5.73 Å². The summed E-state index contributed by atoms with van der Waals surface area (Å²) in [5, 5.41) is 2.68. The number of hydrogen-bond acceptors (Lipinski definition) is 4. The Morgan fingerprint density at radius 2 is 2.00 bits per heavy atom. The van der Waals surface area contributed by atoms with E-state index < -0.39 is 0 Å². The number of thiazole rings is 1. The van der Waals surface area contributed by atoms with E-state index in [4.69, 9.17) is 5.73 Å². The molecule has 1 aromatic carbocycles. The zero-order valence-electron chi connectivity index (χ0n) is 9.97. The fraction of sp³-hybridized carbons (Fsp3) is 0.308. The predicted octanol–water partition coefficient (Wildman–Crippen LogP) is 2.75. The van der Waals surface area contributed by atoms with Crippen LogP contribution >= 0.6 is 11.3 Å². The van der Waals surface area contributed by atoms with Crippen molar-refractivity contribution in [3.63, 3.8) is 0 Å². The average Bonchev–Trinajstić information content (AvgIpc) is 2.75. The Labute approximate surface area is 106 Å². The molecular formula is C13H17N3S. The number of aromatic nitrogens is 1. The summed E-state index contributed by atoms with van der Waals surface area (Å²) in [6.45, 7) is 4.98. The normalized spacial score (nSPS) is 10.9. The SMILES string of the molecule is CCN(Cc1ccccc1)Cc1csc(N)n1. The van der Waals surface area contributed by atoms with E-state index in [0.717, 1.165) is 25.3 Å². The molecule has 0 fully saturated rings. The highest BCUT2D eigenvalue weighted by Crippen LogP contribution is 2.14. The minimum atomic E-state index is 0.649. The van der Waals surface area contributed by atoms with Gasteiger partial charge in [0.25, 0.3) is 0 Å². The van der Waals surface area contributed by atoms with Crippen LogP contribution in [0.4, 0.5) is 5.13 Å². The van der Waals surface area contributed by atoms with Gasteiger partial charge in [-0.3, -0.25) is 4.90 Å². The van der Waals surface area contributed by atoms with Crippen LogP contribution in [0.25, 0.3) is 0 Å². The van der Waals surface area contributed by atoms with Gasteiger partial charge >= 0.3 is 0 Å². The number of benzene rings is 1. The van der Waals surface area contributed by atoms with Gasteiger partial charge in [0.15, 0.2) is 5.13 Å². The molecule has 0 aliphatic carbocycles. The molecule has 17 heavy (non-hydrogen) atoms. The van der Waals surface area contributed by atoms with Crippen LogP contribution in [-0.2, 0) is 13.1 Å². The monoisotopic (exact) mass is 247 g/mol. The standard InChI is InChI=1S/C13H17N3S/c1-2-16(8-11-6-4-3-5-7-11)9-12-10-17-13(14)15-12/h3-7,10H,2,8-9H2,1H3,(H2,14,15). The summed E-state index contributed by atoms with van der Waals surface area (Å²) in [6.07, 6.45) is 0. The number of hydrogen-bond donors (Lipinski definition) is 1. The van der Waals surface area contributed by atoms with Crippen molar-refractivity contribution in [2.45, 2.75) is 20.0 Å². The summed E-state index contributed by atoms with van der Waals surface area (Å²) in [6, 6.07) is 10.5. The topological polar surface area (TPSA) is 42.1 Å². The Morgan fingerprint density at radius 1 is 1.24 bits per heavy atom. The van der Waals surface area contributed by atoms with Gasteiger partial charge in [-0.25, -0.2) is 4.98 Å². The van der Waals surface area contributed by atoms with E-state index in [-0.39, 0.29) is 0 Å². The maximum atomic E-state index is 5.64. The van der Waals surface area contributed by atoms with Crippen LogP contribution in [0.2, 0.25) is 0 Å². The van der Waals surface area contributed by atoms with Crippen molar-refractivity contribution in [2.75, 3.05) is 12.3 Å². The summed E-state index contributed by atoms with van der Waals surface area (Å²) in [7, 11) is 0. The lowest BCUT2D eigenvalue weighted by molar-refractivity contribution is 0.269. The maximum Gasteiger partial charge on any atom is 0.180 e. The third-order valence-corrected chi connectivity index (χ3v) is 3.37. The number of anilines is 1. The summed E-state index contributed by atoms with van der Waals surface area (Å²) in [5.41, 5.74) is 8.03. The van der Waals surface area contributed by atoms with Gasteiger partial charge in [-0.1, -0.05) is 37.3 Å². The van der Waals surface area contributed by atoms with Crippen LogP contribution < -0.4 is 5.73 Å². The van der Waals surface area contributed by atoms with Crippen molar-refractivity contribution in [1.29, 1.82) is 0 Å². The molecule has 1 heterocycles. The second-order valence-electron chi connectivity index (χ2n) is 3.97. The molecule has 0 unspecified atom stereocenters. The van der Waals surface area contributed by atoms with Crippen molar-refractivity contribution in [2.24, 2.45) is 0 Å². The fourth-order valence-electron chi connectivity index (χ4n) is 1.75. The molecule has 3 nitrogen and oxygen atoms in total. The van der Waals surface area contributed by atoms with Crippen LogP contribution in [0.3, 0.4) is 0 Å². The third kappa shape index (κ3) is 3.54. The molecule has 0 saturated heterocycles. The van der Waals surface area contributed by atoms with Gasteiger partial charge in [-0.05, 0) is 12.1 Å². The Kier molecular flexibility index (Phi) is 4.12. The first kappa shape index (κ1) is 12.1. The molecule has 0 saturated carbocycles. The van der Waals surface area contributed by atoms with Crippen LogP contribution in [-0.4, -0.2) is 16.4 Å². The molecule has 0 atom stereocenters. The zero-order chi connectivity index (χ0) is 12.1. The van der Waals surface area contributed by atoms with Crippen LogP contribution in [0.15, 0.2) is 35.7 Å². The molecule has 4 heteroatoms. The minimum Gasteiger partial charge on any atom is -0.375 e. The van der Waals surface area contributed by atoms with Crippen LogP contribution in [0.1, 0.15) is 18.2 Å². The van der Waals surface area contributed by atoms with Gasteiger partial charge in [0.2, 0.25) is 0 Å². The summed E-state index contributed by atoms with van der Waals surface area (Å²) >= 11 is 1.50. The highest BCUT2D eigenvalue weighted by molar-refractivity contribution is 7.13. The molecule has 90 valence electrons. The molecule has 0 radical (unpaired) electrons. The first-order valence-electron chi connectivity index (χ1n) is 5.74. The molecule has 1 aromatic heterocycles. The number of nitrogen functional groups attached to an aromatic ring is 1. The van der Waals surface area contributed by atoms with Crippen molar-refractivity contribution < 1.29 is 0 Å². The largest absolute Gasteiger partial charge is 0.375 e. The molecule has 0 aliphatic heterocycles. The summed E-state index contributed by atoms with van der Waals surface area (Å²) in [4.78, 5) is 6.65. The highest BCUT2D eigenvalue weighted by Gasteiger charge is 2.07. The smallest absolute Gasteiger partial charge is 0.180 e. The lowest BCUT2D eigenvalue weighted by atomic mass is 10.2. The van der Waals surface area contributed by atoms with Gasteiger partial charge in [0.1, 0.15) is 0 Å². The van der Waals surface area contributed by atoms with Crippen molar-refractivity contribution >= 4 is 16.5 Å². The average molecular weight is 247 g/mol. The Bertz CT molecular complexity index is 453. The van der Waals surface area contributed by atoms with E-state index in [1.54, 1.807) is 0 Å². The Morgan fingerprint density at radius 3 is 2.59 bits per heavy atom. The molecule has 0 spiro atoms. The van der Waals surface area contributed by atoms with Gasteiger partial charge in [0, 0.05) is 18.5 Å². The Balaban J connectivity index is 1.98. The second-order valence-corrected chi connectivity index (χ2v) is 4.86. The number of nitrogens with zero attached hydrogens (tertiary/aromatic N) is 2. The van der Waals surface area contributed by atoms with Crippen molar-refractivity contribution in [3.8, 4) is 0 Å². The Hall–Kier alpha value is -1.39. The molecule has 2 N–H and O–H groups in total. The molecule has 0 amide bonds. The molecular weight excluding hydrogens is 230 g/mol. The summed E-state index contributed by atoms with van der Waals surface area (Å²) in [5.74, 6) is 0. The van der Waals surface area contributed by atoms with Crippen molar-refractivity contribution in [1.82, 2.24) is 9.88 Å². The molecule has 2 aromatic rings. The molecule has 0 aliphatic rings. The van der Waals surface area contributed by atoms with Crippen LogP contribution in [0.5, 0.6) is 0 Å². The minimum absolute atomic E-state index is 0.649. The van der Waals surface area contributed by atoms with E-state index in [1.165, 1.54) is 16.9 Å². The first-order chi connectivity index (χ1) is 8.28. The van der Waals surface area contributed by atoms with E-state index in [1.807, 2.05) is 11.4 Å². The van der Waals surface area contributed by atoms with Crippen molar-refractivity contribution in [3.05, 3.63) is 47.0 Å². The fourth-order valence-corrected chi connectivity index (χ4v) is 2.30. The lowest BCUT2D eigenvalue weighted by Crippen LogP contribution is -2.22. The first-order valence-corrected chi connectivity index (χ1v) is 6.62. The molecule has 2 rings (SSSR count). The van der Waals surface area contributed by atoms with Gasteiger partial charge in [0.05, 0.1) is 5.69 Å². The van der Waals surface area contributed by atoms with Gasteiger partial charge in [-0.15, -0.1) is 11.3 Å². The van der Waals surface area contributed by atoms with E-state index in [0.29, 0.717) is 5.13 Å². The highest BCUT2D eigenvalue weighted by atomic mass is 32.1. The predicted molar refractivity (Wildman–Crippen MR) is 72.8 cm³/mol. The summed E-state index contributed by atoms with van der Waals surface area (Å²) < 4.78 is 0. The third-order valence-electron chi connectivity index (χ3n) is 2.65. The quantitative estimate of drug-likeness (QED) is 0.883. The molecule has 0 bridgehead atoms. The lowest BCUT2D eigenvalue weighted by Gasteiger charge is -2.19. The van der Waals surface area contributed by atoms with Gasteiger partial charge in [-0.2, -0.15) is 0 Å². The van der Waals surface area contributed by atoms with E-state index in [2.05, 4.69) is 41.1 Å². The van der Waals surface area contributed by atoms with E-state index in [9.17, 15) is 0 Å². The second kappa shape index (κ2) is 5.80. The maximum absolute atomic E-state index is 5.64. The number of rotatable bonds is 5. The van der Waals surface area contributed by atoms with E-state index >= 15 is 0 Å². The number of nitrogens with two attached hydrogens (primary N) is 1.